The van der Waals surface area contributed by atoms with Crippen molar-refractivity contribution in [3.05, 3.63) is 65.5 Å². The van der Waals surface area contributed by atoms with E-state index in [1.807, 2.05) is 25.1 Å². The molecule has 3 nitrogen and oxygen atoms in total. The highest BCUT2D eigenvalue weighted by atomic mass is 32.2. The second kappa shape index (κ2) is 10.8. The van der Waals surface area contributed by atoms with E-state index in [2.05, 4.69) is 11.4 Å². The lowest BCUT2D eigenvalue weighted by Crippen LogP contribution is -2.26. The van der Waals surface area contributed by atoms with Gasteiger partial charge in [-0.15, -0.1) is 11.8 Å². The molecule has 0 aliphatic rings. The summed E-state index contributed by atoms with van der Waals surface area (Å²) < 4.78 is 18.4. The van der Waals surface area contributed by atoms with Gasteiger partial charge in [0.15, 0.2) is 0 Å². The van der Waals surface area contributed by atoms with Gasteiger partial charge in [0.1, 0.15) is 11.6 Å². The van der Waals surface area contributed by atoms with Crippen molar-refractivity contribution in [3.63, 3.8) is 0 Å². The molecule has 0 saturated heterocycles. The van der Waals surface area contributed by atoms with E-state index < -0.39 is 0 Å². The van der Waals surface area contributed by atoms with Crippen molar-refractivity contribution in [1.82, 2.24) is 5.32 Å². The van der Waals surface area contributed by atoms with Gasteiger partial charge in [-0.25, -0.2) is 4.39 Å². The van der Waals surface area contributed by atoms with E-state index in [-0.39, 0.29) is 11.7 Å². The zero-order chi connectivity index (χ0) is 17.9. The molecule has 0 spiro atoms. The number of benzene rings is 2. The van der Waals surface area contributed by atoms with E-state index in [0.29, 0.717) is 24.7 Å². The van der Waals surface area contributed by atoms with E-state index in [1.165, 1.54) is 29.5 Å². The van der Waals surface area contributed by atoms with Crippen molar-refractivity contribution in [1.29, 1.82) is 0 Å². The quantitative estimate of drug-likeness (QED) is 0.644. The number of hydrogen-bond donors (Lipinski definition) is 1. The van der Waals surface area contributed by atoms with Gasteiger partial charge >= 0.3 is 0 Å². The topological polar surface area (TPSA) is 38.3 Å². The third-order valence-electron chi connectivity index (χ3n) is 3.63. The lowest BCUT2D eigenvalue weighted by Gasteiger charge is -2.10. The minimum Gasteiger partial charge on any atom is -0.494 e. The van der Waals surface area contributed by atoms with Crippen molar-refractivity contribution < 1.29 is 13.9 Å². The Kier molecular flexibility index (Phi) is 8.32. The Balaban J connectivity index is 1.61. The van der Waals surface area contributed by atoms with Crippen LogP contribution in [0.2, 0.25) is 0 Å². The monoisotopic (exact) mass is 361 g/mol. The lowest BCUT2D eigenvalue weighted by molar-refractivity contribution is -0.118. The van der Waals surface area contributed by atoms with Crippen molar-refractivity contribution >= 4 is 17.7 Å². The van der Waals surface area contributed by atoms with Crippen LogP contribution >= 0.6 is 11.8 Å². The first-order chi connectivity index (χ1) is 12.2. The van der Waals surface area contributed by atoms with E-state index in [0.717, 1.165) is 24.2 Å². The van der Waals surface area contributed by atoms with Crippen LogP contribution in [0.25, 0.3) is 0 Å². The molecule has 2 rings (SSSR count). The van der Waals surface area contributed by atoms with Gasteiger partial charge in [0, 0.05) is 12.3 Å². The fourth-order valence-corrected chi connectivity index (χ4v) is 3.22. The third-order valence-corrected chi connectivity index (χ3v) is 4.64. The van der Waals surface area contributed by atoms with Crippen LogP contribution in [0.3, 0.4) is 0 Å². The van der Waals surface area contributed by atoms with E-state index in [1.54, 1.807) is 12.1 Å². The molecular formula is C20H24FNO2S. The van der Waals surface area contributed by atoms with Crippen molar-refractivity contribution in [2.45, 2.75) is 25.5 Å². The van der Waals surface area contributed by atoms with Gasteiger partial charge in [-0.3, -0.25) is 4.79 Å². The fraction of sp³-hybridized carbons (Fsp3) is 0.350. The van der Waals surface area contributed by atoms with Crippen LogP contribution in [0.15, 0.2) is 48.5 Å². The highest BCUT2D eigenvalue weighted by molar-refractivity contribution is 7.99. The van der Waals surface area contributed by atoms with E-state index in [4.69, 9.17) is 4.74 Å². The first-order valence-corrected chi connectivity index (χ1v) is 9.64. The van der Waals surface area contributed by atoms with Crippen molar-refractivity contribution in [2.24, 2.45) is 0 Å². The molecule has 0 bridgehead atoms. The van der Waals surface area contributed by atoms with Crippen molar-refractivity contribution in [3.8, 4) is 5.75 Å². The standard InChI is InChI=1S/C20H24FNO2S/c1-2-24-19-8-4-3-6-17(19)7-5-13-22-20(23)15-25-14-16-9-11-18(21)12-10-16/h3-4,6,8-12H,2,5,7,13-15H2,1H3,(H,22,23). The maximum Gasteiger partial charge on any atom is 0.230 e. The molecule has 0 fully saturated rings. The molecular weight excluding hydrogens is 337 g/mol. The summed E-state index contributed by atoms with van der Waals surface area (Å²) in [6.45, 7) is 3.27. The van der Waals surface area contributed by atoms with Crippen LogP contribution in [0.5, 0.6) is 5.75 Å². The Morgan fingerprint density at radius 1 is 1.16 bits per heavy atom. The molecule has 0 aromatic heterocycles. The summed E-state index contributed by atoms with van der Waals surface area (Å²) in [6.07, 6.45) is 1.75. The predicted molar refractivity (Wildman–Crippen MR) is 102 cm³/mol. The summed E-state index contributed by atoms with van der Waals surface area (Å²) in [5, 5.41) is 2.94. The molecule has 0 heterocycles. The molecule has 0 radical (unpaired) electrons. The van der Waals surface area contributed by atoms with Gasteiger partial charge in [-0.1, -0.05) is 30.3 Å². The number of thioether (sulfide) groups is 1. The third kappa shape index (κ3) is 7.18. The highest BCUT2D eigenvalue weighted by Crippen LogP contribution is 2.19. The number of carbonyl (C=O) groups excluding carboxylic acids is 1. The minimum absolute atomic E-state index is 0.0326. The average molecular weight is 361 g/mol. The largest absolute Gasteiger partial charge is 0.494 e. The van der Waals surface area contributed by atoms with Crippen LogP contribution < -0.4 is 10.1 Å². The molecule has 0 unspecified atom stereocenters. The lowest BCUT2D eigenvalue weighted by atomic mass is 10.1. The van der Waals surface area contributed by atoms with Crippen molar-refractivity contribution in [2.75, 3.05) is 18.9 Å². The molecule has 0 atom stereocenters. The number of hydrogen-bond acceptors (Lipinski definition) is 3. The second-order valence-electron chi connectivity index (χ2n) is 5.61. The van der Waals surface area contributed by atoms with Crippen LogP contribution in [-0.4, -0.2) is 24.8 Å². The normalized spacial score (nSPS) is 10.5. The molecule has 0 saturated carbocycles. The number of carbonyl (C=O) groups is 1. The smallest absolute Gasteiger partial charge is 0.230 e. The Labute approximate surface area is 153 Å². The SMILES string of the molecule is CCOc1ccccc1CCCNC(=O)CSCc1ccc(F)cc1. The summed E-state index contributed by atoms with van der Waals surface area (Å²) in [6, 6.07) is 14.4. The second-order valence-corrected chi connectivity index (χ2v) is 6.60. The number of halogens is 1. The Morgan fingerprint density at radius 2 is 1.92 bits per heavy atom. The van der Waals surface area contributed by atoms with Gasteiger partial charge in [-0.05, 0) is 49.1 Å². The summed E-state index contributed by atoms with van der Waals surface area (Å²) in [7, 11) is 0. The maximum absolute atomic E-state index is 12.8. The molecule has 5 heteroatoms. The van der Waals surface area contributed by atoms with Crippen LogP contribution in [-0.2, 0) is 17.0 Å². The number of amides is 1. The highest BCUT2D eigenvalue weighted by Gasteiger charge is 2.04. The molecule has 1 amide bonds. The van der Waals surface area contributed by atoms with Crippen LogP contribution in [0.4, 0.5) is 4.39 Å². The van der Waals surface area contributed by atoms with Crippen LogP contribution in [0.1, 0.15) is 24.5 Å². The number of rotatable bonds is 10. The van der Waals surface area contributed by atoms with Gasteiger partial charge < -0.3 is 10.1 Å². The molecule has 2 aromatic rings. The molecule has 25 heavy (non-hydrogen) atoms. The van der Waals surface area contributed by atoms with Gasteiger partial charge in [0.2, 0.25) is 5.91 Å². The maximum atomic E-state index is 12.8. The molecule has 134 valence electrons. The Morgan fingerprint density at radius 3 is 2.68 bits per heavy atom. The van der Waals surface area contributed by atoms with E-state index in [9.17, 15) is 9.18 Å². The first-order valence-electron chi connectivity index (χ1n) is 8.48. The van der Waals surface area contributed by atoms with E-state index >= 15 is 0 Å². The summed E-state index contributed by atoms with van der Waals surface area (Å²) in [5.74, 6) is 1.83. The van der Waals surface area contributed by atoms with Gasteiger partial charge in [-0.2, -0.15) is 0 Å². The fourth-order valence-electron chi connectivity index (χ4n) is 2.41. The Hall–Kier alpha value is -2.01. The first kappa shape index (κ1) is 19.3. The molecule has 1 N–H and O–H groups in total. The predicted octanol–water partition coefficient (Wildman–Crippen LogP) is 4.21. The number of nitrogens with one attached hydrogen (secondary N) is 1. The summed E-state index contributed by atoms with van der Waals surface area (Å²) >= 11 is 1.53. The minimum atomic E-state index is -0.239. The zero-order valence-corrected chi connectivity index (χ0v) is 15.3. The average Bonchev–Trinajstić information content (AvgIpc) is 2.62. The zero-order valence-electron chi connectivity index (χ0n) is 14.5. The molecule has 0 aliphatic carbocycles. The summed E-state index contributed by atoms with van der Waals surface area (Å²) in [4.78, 5) is 11.9. The molecule has 2 aromatic carbocycles. The van der Waals surface area contributed by atoms with Gasteiger partial charge in [0.25, 0.3) is 0 Å². The number of aryl methyl sites for hydroxylation is 1. The Bertz CT molecular complexity index is 661. The molecule has 0 aliphatic heterocycles. The summed E-state index contributed by atoms with van der Waals surface area (Å²) in [5.41, 5.74) is 2.19. The number of ether oxygens (including phenoxy) is 1. The van der Waals surface area contributed by atoms with Gasteiger partial charge in [0.05, 0.1) is 12.4 Å². The van der Waals surface area contributed by atoms with Crippen LogP contribution in [0, 0.1) is 5.82 Å². The number of para-hydroxylation sites is 1.